The highest BCUT2D eigenvalue weighted by Crippen LogP contribution is 2.30. The van der Waals surface area contributed by atoms with Crippen molar-refractivity contribution in [3.05, 3.63) is 89.1 Å². The zero-order valence-corrected chi connectivity index (χ0v) is 23.6. The van der Waals surface area contributed by atoms with E-state index < -0.39 is 9.84 Å². The second-order valence-electron chi connectivity index (χ2n) is 9.49. The molecule has 2 heterocycles. The Labute approximate surface area is 234 Å². The third-order valence-corrected chi connectivity index (χ3v) is 9.68. The van der Waals surface area contributed by atoms with E-state index in [0.717, 1.165) is 66.2 Å². The fraction of sp³-hybridized carbons (Fsp3) is 0.258. The van der Waals surface area contributed by atoms with E-state index in [-0.39, 0.29) is 11.7 Å². The molecule has 1 aliphatic rings. The number of hydrogen-bond donors (Lipinski definition) is 1. The Morgan fingerprint density at radius 2 is 1.31 bits per heavy atom. The third-order valence-electron chi connectivity index (χ3n) is 7.00. The molecule has 6 nitrogen and oxygen atoms in total. The number of hydrogen-bond acceptors (Lipinski definition) is 6. The molecule has 1 aliphatic heterocycles. The number of carbonyl (C=O) groups excluding carboxylic acids is 1. The lowest BCUT2D eigenvalue weighted by molar-refractivity contribution is 0.0383. The fourth-order valence-corrected chi connectivity index (χ4v) is 6.29. The highest BCUT2D eigenvalue weighted by molar-refractivity contribution is 7.91. The van der Waals surface area contributed by atoms with Gasteiger partial charge in [-0.1, -0.05) is 67.6 Å². The SMILES string of the molecule is CCS(=O)(=O)c1ccc(-c2ccc(-c3ccc(-c4csc(C(=O)NCCN5CCOCC5)c4)cc3)cc2)cc1. The van der Waals surface area contributed by atoms with Gasteiger partial charge in [0.2, 0.25) is 0 Å². The summed E-state index contributed by atoms with van der Waals surface area (Å²) in [5.41, 5.74) is 6.32. The largest absolute Gasteiger partial charge is 0.379 e. The van der Waals surface area contributed by atoms with Gasteiger partial charge >= 0.3 is 0 Å². The summed E-state index contributed by atoms with van der Waals surface area (Å²) < 4.78 is 29.5. The maximum Gasteiger partial charge on any atom is 0.261 e. The van der Waals surface area contributed by atoms with Crippen LogP contribution in [0, 0.1) is 0 Å². The van der Waals surface area contributed by atoms with E-state index in [2.05, 4.69) is 58.7 Å². The van der Waals surface area contributed by atoms with Crippen LogP contribution in [0.1, 0.15) is 16.6 Å². The Kier molecular flexibility index (Phi) is 8.57. The number of amides is 1. The van der Waals surface area contributed by atoms with Crippen LogP contribution < -0.4 is 5.32 Å². The molecule has 0 bridgehead atoms. The molecule has 202 valence electrons. The summed E-state index contributed by atoms with van der Waals surface area (Å²) in [5.74, 6) is 0.0659. The molecular formula is C31H32N2O4S2. The average molecular weight is 561 g/mol. The van der Waals surface area contributed by atoms with Crippen LogP contribution in [0.15, 0.2) is 89.1 Å². The second-order valence-corrected chi connectivity index (χ2v) is 12.7. The molecule has 4 aromatic rings. The van der Waals surface area contributed by atoms with E-state index in [9.17, 15) is 13.2 Å². The number of rotatable bonds is 9. The van der Waals surface area contributed by atoms with Crippen LogP contribution in [0.5, 0.6) is 0 Å². The Bertz CT molecular complexity index is 1500. The topological polar surface area (TPSA) is 75.7 Å². The Hall–Kier alpha value is -3.30. The van der Waals surface area contributed by atoms with Crippen molar-refractivity contribution in [3.63, 3.8) is 0 Å². The van der Waals surface area contributed by atoms with E-state index in [1.54, 1.807) is 19.1 Å². The molecule has 1 aromatic heterocycles. The summed E-state index contributed by atoms with van der Waals surface area (Å²) in [6.45, 7) is 6.48. The van der Waals surface area contributed by atoms with Gasteiger partial charge in [-0.2, -0.15) is 0 Å². The van der Waals surface area contributed by atoms with Crippen molar-refractivity contribution in [1.82, 2.24) is 10.2 Å². The molecule has 1 N–H and O–H groups in total. The molecule has 0 aliphatic carbocycles. The molecule has 1 fully saturated rings. The number of thiophene rings is 1. The smallest absolute Gasteiger partial charge is 0.261 e. The molecule has 0 saturated carbocycles. The first-order valence-corrected chi connectivity index (χ1v) is 15.7. The number of carbonyl (C=O) groups is 1. The normalized spacial score (nSPS) is 14.3. The first kappa shape index (κ1) is 27.3. The zero-order valence-electron chi connectivity index (χ0n) is 21.9. The van der Waals surface area contributed by atoms with Crippen molar-refractivity contribution in [3.8, 4) is 33.4 Å². The minimum atomic E-state index is -3.20. The number of sulfone groups is 1. The van der Waals surface area contributed by atoms with Crippen molar-refractivity contribution in [2.24, 2.45) is 0 Å². The van der Waals surface area contributed by atoms with E-state index in [1.807, 2.05) is 23.6 Å². The monoisotopic (exact) mass is 560 g/mol. The Balaban J connectivity index is 1.20. The first-order chi connectivity index (χ1) is 18.9. The molecule has 0 spiro atoms. The third kappa shape index (κ3) is 6.65. The van der Waals surface area contributed by atoms with Crippen LogP contribution in [0.25, 0.3) is 33.4 Å². The minimum absolute atomic E-state index is 0.0298. The van der Waals surface area contributed by atoms with Crippen molar-refractivity contribution < 1.29 is 17.9 Å². The van der Waals surface area contributed by atoms with Gasteiger partial charge in [-0.25, -0.2) is 8.42 Å². The van der Waals surface area contributed by atoms with Gasteiger partial charge < -0.3 is 10.1 Å². The molecule has 8 heteroatoms. The van der Waals surface area contributed by atoms with Crippen molar-refractivity contribution in [2.75, 3.05) is 45.1 Å². The van der Waals surface area contributed by atoms with Gasteiger partial charge in [-0.05, 0) is 57.0 Å². The van der Waals surface area contributed by atoms with Crippen LogP contribution >= 0.6 is 11.3 Å². The molecule has 0 atom stereocenters. The van der Waals surface area contributed by atoms with Gasteiger partial charge in [-0.3, -0.25) is 9.69 Å². The Morgan fingerprint density at radius 1 is 0.821 bits per heavy atom. The van der Waals surface area contributed by atoms with Crippen LogP contribution in [-0.2, 0) is 14.6 Å². The lowest BCUT2D eigenvalue weighted by Crippen LogP contribution is -2.41. The summed E-state index contributed by atoms with van der Waals surface area (Å²) in [6.07, 6.45) is 0. The van der Waals surface area contributed by atoms with Crippen LogP contribution in [0.3, 0.4) is 0 Å². The van der Waals surface area contributed by atoms with Gasteiger partial charge in [-0.15, -0.1) is 11.3 Å². The van der Waals surface area contributed by atoms with E-state index in [4.69, 9.17) is 4.74 Å². The van der Waals surface area contributed by atoms with Gasteiger partial charge in [0, 0.05) is 26.2 Å². The van der Waals surface area contributed by atoms with Gasteiger partial charge in [0.05, 0.1) is 28.7 Å². The summed E-state index contributed by atoms with van der Waals surface area (Å²) in [6, 6.07) is 25.6. The fourth-order valence-electron chi connectivity index (χ4n) is 4.58. The number of morpholine rings is 1. The van der Waals surface area contributed by atoms with Crippen molar-refractivity contribution in [1.29, 1.82) is 0 Å². The van der Waals surface area contributed by atoms with E-state index in [0.29, 0.717) is 16.3 Å². The summed E-state index contributed by atoms with van der Waals surface area (Å²) in [5, 5.41) is 5.06. The first-order valence-electron chi connectivity index (χ1n) is 13.1. The molecule has 39 heavy (non-hydrogen) atoms. The summed E-state index contributed by atoms with van der Waals surface area (Å²) in [4.78, 5) is 16.0. The molecule has 0 unspecified atom stereocenters. The van der Waals surface area contributed by atoms with Crippen LogP contribution in [-0.4, -0.2) is 64.4 Å². The van der Waals surface area contributed by atoms with E-state index >= 15 is 0 Å². The minimum Gasteiger partial charge on any atom is -0.379 e. The second kappa shape index (κ2) is 12.3. The highest BCUT2D eigenvalue weighted by Gasteiger charge is 2.14. The molecule has 1 amide bonds. The number of nitrogens with one attached hydrogen (secondary N) is 1. The molecule has 0 radical (unpaired) electrons. The summed E-state index contributed by atoms with van der Waals surface area (Å²) in [7, 11) is -3.20. The van der Waals surface area contributed by atoms with Gasteiger partial charge in [0.25, 0.3) is 5.91 Å². The predicted molar refractivity (Wildman–Crippen MR) is 158 cm³/mol. The predicted octanol–water partition coefficient (Wildman–Crippen LogP) is 5.60. The van der Waals surface area contributed by atoms with Gasteiger partial charge in [0.15, 0.2) is 9.84 Å². The Morgan fingerprint density at radius 3 is 1.82 bits per heavy atom. The number of ether oxygens (including phenoxy) is 1. The molecule has 1 saturated heterocycles. The van der Waals surface area contributed by atoms with Crippen molar-refractivity contribution in [2.45, 2.75) is 11.8 Å². The molecule has 5 rings (SSSR count). The lowest BCUT2D eigenvalue weighted by Gasteiger charge is -2.26. The quantitative estimate of drug-likeness (QED) is 0.288. The average Bonchev–Trinajstić information content (AvgIpc) is 3.49. The lowest BCUT2D eigenvalue weighted by atomic mass is 9.99. The maximum absolute atomic E-state index is 12.6. The number of nitrogens with zero attached hydrogens (tertiary/aromatic N) is 1. The molecular weight excluding hydrogens is 528 g/mol. The van der Waals surface area contributed by atoms with Gasteiger partial charge in [0.1, 0.15) is 0 Å². The standard InChI is InChI=1S/C31H32N2O4S2/c1-2-39(35,36)29-13-11-26(12-14-29)25-5-3-23(4-6-25)24-7-9-27(10-8-24)28-21-30(38-22-28)31(34)32-15-16-33-17-19-37-20-18-33/h3-14,21-22H,2,15-20H2,1H3,(H,32,34). The highest BCUT2D eigenvalue weighted by atomic mass is 32.2. The number of benzene rings is 3. The van der Waals surface area contributed by atoms with Crippen LogP contribution in [0.4, 0.5) is 0 Å². The van der Waals surface area contributed by atoms with Crippen molar-refractivity contribution >= 4 is 27.1 Å². The van der Waals surface area contributed by atoms with Crippen LogP contribution in [0.2, 0.25) is 0 Å². The van der Waals surface area contributed by atoms with E-state index in [1.165, 1.54) is 11.3 Å². The zero-order chi connectivity index (χ0) is 27.2. The maximum atomic E-state index is 12.6. The summed E-state index contributed by atoms with van der Waals surface area (Å²) >= 11 is 1.46. The molecule has 3 aromatic carbocycles.